The molecule has 1 N–H and O–H groups in total. The molecule has 0 bridgehead atoms. The van der Waals surface area contributed by atoms with Gasteiger partial charge in [-0.25, -0.2) is 8.42 Å². The fourth-order valence-electron chi connectivity index (χ4n) is 2.18. The highest BCUT2D eigenvalue weighted by molar-refractivity contribution is 9.10. The van der Waals surface area contributed by atoms with Gasteiger partial charge in [0, 0.05) is 4.47 Å². The van der Waals surface area contributed by atoms with Crippen LogP contribution in [0.3, 0.4) is 0 Å². The Morgan fingerprint density at radius 2 is 1.83 bits per heavy atom. The third-order valence-electron chi connectivity index (χ3n) is 2.97. The third kappa shape index (κ3) is 1.88. The summed E-state index contributed by atoms with van der Waals surface area (Å²) in [5.74, 6) is 0. The number of benzene rings is 2. The summed E-state index contributed by atoms with van der Waals surface area (Å²) in [6.45, 7) is 0. The van der Waals surface area contributed by atoms with E-state index in [0.29, 0.717) is 4.90 Å². The van der Waals surface area contributed by atoms with Gasteiger partial charge in [0.25, 0.3) is 0 Å². The Bertz CT molecular complexity index is 712. The molecule has 1 atom stereocenters. The minimum Gasteiger partial charge on any atom is -0.207 e. The van der Waals surface area contributed by atoms with Crippen molar-refractivity contribution >= 4 is 26.0 Å². The maximum Gasteiger partial charge on any atom is 0.241 e. The number of halogens is 1. The maximum absolute atomic E-state index is 12.0. The van der Waals surface area contributed by atoms with E-state index in [1.165, 1.54) is 0 Å². The van der Waals surface area contributed by atoms with Gasteiger partial charge in [-0.1, -0.05) is 46.3 Å². The van der Waals surface area contributed by atoms with Crippen molar-refractivity contribution in [1.82, 2.24) is 4.72 Å². The van der Waals surface area contributed by atoms with Crippen LogP contribution in [0, 0.1) is 0 Å². The number of sulfonamides is 1. The molecule has 0 saturated heterocycles. The predicted molar refractivity (Wildman–Crippen MR) is 72.7 cm³/mol. The fourth-order valence-corrected chi connectivity index (χ4v) is 4.05. The Morgan fingerprint density at radius 1 is 1.06 bits per heavy atom. The molecule has 0 aliphatic carbocycles. The van der Waals surface area contributed by atoms with E-state index in [9.17, 15) is 8.42 Å². The third-order valence-corrected chi connectivity index (χ3v) is 4.96. The zero-order valence-corrected chi connectivity index (χ0v) is 11.7. The molecular formula is C13H10BrNO2S. The van der Waals surface area contributed by atoms with Gasteiger partial charge in [-0.2, -0.15) is 4.72 Å². The molecule has 18 heavy (non-hydrogen) atoms. The van der Waals surface area contributed by atoms with Crippen molar-refractivity contribution in [2.45, 2.75) is 10.9 Å². The molecule has 1 aliphatic heterocycles. The molecule has 92 valence electrons. The van der Waals surface area contributed by atoms with Crippen LogP contribution < -0.4 is 4.72 Å². The van der Waals surface area contributed by atoms with Gasteiger partial charge in [0.2, 0.25) is 10.0 Å². The van der Waals surface area contributed by atoms with Crippen LogP contribution in [-0.4, -0.2) is 8.42 Å². The van der Waals surface area contributed by atoms with Gasteiger partial charge in [0.05, 0.1) is 10.9 Å². The Kier molecular flexibility index (Phi) is 2.77. The smallest absolute Gasteiger partial charge is 0.207 e. The van der Waals surface area contributed by atoms with Crippen molar-refractivity contribution in [1.29, 1.82) is 0 Å². The van der Waals surface area contributed by atoms with Gasteiger partial charge in [-0.3, -0.25) is 0 Å². The SMILES string of the molecule is O=S1(=O)N[C@@H](c2cccc(Br)c2)c2ccccc21. The zero-order valence-electron chi connectivity index (χ0n) is 9.30. The van der Waals surface area contributed by atoms with E-state index in [2.05, 4.69) is 20.7 Å². The molecule has 3 nitrogen and oxygen atoms in total. The summed E-state index contributed by atoms with van der Waals surface area (Å²) in [7, 11) is -3.38. The number of hydrogen-bond donors (Lipinski definition) is 1. The van der Waals surface area contributed by atoms with Crippen molar-refractivity contribution in [3.05, 3.63) is 64.1 Å². The van der Waals surface area contributed by atoms with E-state index >= 15 is 0 Å². The van der Waals surface area contributed by atoms with Gasteiger partial charge in [0.15, 0.2) is 0 Å². The first-order chi connectivity index (χ1) is 8.58. The van der Waals surface area contributed by atoms with Gasteiger partial charge >= 0.3 is 0 Å². The quantitative estimate of drug-likeness (QED) is 0.877. The topological polar surface area (TPSA) is 46.2 Å². The lowest BCUT2D eigenvalue weighted by molar-refractivity contribution is 0.585. The second-order valence-corrected chi connectivity index (χ2v) is 6.75. The molecular weight excluding hydrogens is 314 g/mol. The van der Waals surface area contributed by atoms with E-state index in [1.807, 2.05) is 36.4 Å². The first-order valence-electron chi connectivity index (χ1n) is 5.45. The van der Waals surface area contributed by atoms with Gasteiger partial charge in [-0.05, 0) is 29.3 Å². The van der Waals surface area contributed by atoms with E-state index in [-0.39, 0.29) is 6.04 Å². The minimum absolute atomic E-state index is 0.302. The zero-order chi connectivity index (χ0) is 12.8. The highest BCUT2D eigenvalue weighted by atomic mass is 79.9. The van der Waals surface area contributed by atoms with E-state index < -0.39 is 10.0 Å². The predicted octanol–water partition coefficient (Wildman–Crippen LogP) is 2.83. The molecule has 1 aliphatic rings. The molecule has 2 aromatic carbocycles. The largest absolute Gasteiger partial charge is 0.241 e. The summed E-state index contributed by atoms with van der Waals surface area (Å²) in [6.07, 6.45) is 0. The van der Waals surface area contributed by atoms with Crippen LogP contribution in [0.2, 0.25) is 0 Å². The molecule has 0 radical (unpaired) electrons. The molecule has 2 aromatic rings. The summed E-state index contributed by atoms with van der Waals surface area (Å²) in [6, 6.07) is 14.4. The summed E-state index contributed by atoms with van der Waals surface area (Å²) < 4.78 is 27.6. The standard InChI is InChI=1S/C13H10BrNO2S/c14-10-5-3-4-9(8-10)13-11-6-1-2-7-12(11)18(16,17)15-13/h1-8,13,15H/t13-/m0/s1. The molecule has 0 spiro atoms. The highest BCUT2D eigenvalue weighted by Crippen LogP contribution is 2.35. The molecule has 0 unspecified atom stereocenters. The number of hydrogen-bond acceptors (Lipinski definition) is 2. The van der Waals surface area contributed by atoms with Crippen LogP contribution in [-0.2, 0) is 10.0 Å². The summed E-state index contributed by atoms with van der Waals surface area (Å²) >= 11 is 3.40. The number of rotatable bonds is 1. The normalized spacial score (nSPS) is 20.6. The summed E-state index contributed by atoms with van der Waals surface area (Å²) in [5, 5.41) is 0. The first-order valence-corrected chi connectivity index (χ1v) is 7.72. The van der Waals surface area contributed by atoms with Crippen molar-refractivity contribution in [2.24, 2.45) is 0 Å². The Balaban J connectivity index is 2.18. The number of fused-ring (bicyclic) bond motifs is 1. The lowest BCUT2D eigenvalue weighted by atomic mass is 10.00. The van der Waals surface area contributed by atoms with Crippen LogP contribution in [0.25, 0.3) is 0 Å². The van der Waals surface area contributed by atoms with Gasteiger partial charge in [0.1, 0.15) is 0 Å². The average Bonchev–Trinajstić information content (AvgIpc) is 2.63. The van der Waals surface area contributed by atoms with Crippen LogP contribution in [0.1, 0.15) is 17.2 Å². The van der Waals surface area contributed by atoms with Crippen molar-refractivity contribution in [2.75, 3.05) is 0 Å². The van der Waals surface area contributed by atoms with Crippen LogP contribution in [0.5, 0.6) is 0 Å². The monoisotopic (exact) mass is 323 g/mol. The molecule has 5 heteroatoms. The average molecular weight is 324 g/mol. The number of nitrogens with one attached hydrogen (secondary N) is 1. The molecule has 0 amide bonds. The lowest BCUT2D eigenvalue weighted by Crippen LogP contribution is -2.20. The maximum atomic E-state index is 12.0. The lowest BCUT2D eigenvalue weighted by Gasteiger charge is -2.11. The second-order valence-electron chi connectivity index (χ2n) is 4.15. The van der Waals surface area contributed by atoms with E-state index in [0.717, 1.165) is 15.6 Å². The molecule has 3 rings (SSSR count). The Labute approximate surface area is 114 Å². The van der Waals surface area contributed by atoms with Gasteiger partial charge in [-0.15, -0.1) is 0 Å². The van der Waals surface area contributed by atoms with Crippen LogP contribution in [0.4, 0.5) is 0 Å². The Hall–Kier alpha value is -1.17. The van der Waals surface area contributed by atoms with Crippen molar-refractivity contribution in [3.8, 4) is 0 Å². The summed E-state index contributed by atoms with van der Waals surface area (Å²) in [4.78, 5) is 0.370. The molecule has 0 saturated carbocycles. The molecule has 0 aromatic heterocycles. The van der Waals surface area contributed by atoms with Crippen molar-refractivity contribution in [3.63, 3.8) is 0 Å². The van der Waals surface area contributed by atoms with E-state index in [1.54, 1.807) is 12.1 Å². The molecule has 0 fully saturated rings. The van der Waals surface area contributed by atoms with Gasteiger partial charge < -0.3 is 0 Å². The molecule has 1 heterocycles. The Morgan fingerprint density at radius 3 is 2.61 bits per heavy atom. The van der Waals surface area contributed by atoms with Crippen LogP contribution in [0.15, 0.2) is 57.9 Å². The van der Waals surface area contributed by atoms with Crippen molar-refractivity contribution < 1.29 is 8.42 Å². The fraction of sp³-hybridized carbons (Fsp3) is 0.0769. The first kappa shape index (κ1) is 11.9. The second kappa shape index (κ2) is 4.19. The highest BCUT2D eigenvalue weighted by Gasteiger charge is 2.34. The minimum atomic E-state index is -3.38. The van der Waals surface area contributed by atoms with E-state index in [4.69, 9.17) is 0 Å². The summed E-state index contributed by atoms with van der Waals surface area (Å²) in [5.41, 5.74) is 1.73. The van der Waals surface area contributed by atoms with Crippen LogP contribution >= 0.6 is 15.9 Å².